The maximum absolute atomic E-state index is 14.3. The van der Waals surface area contributed by atoms with Crippen molar-refractivity contribution in [1.29, 1.82) is 0 Å². The highest BCUT2D eigenvalue weighted by Crippen LogP contribution is 2.31. The molecule has 2 N–H and O–H groups in total. The van der Waals surface area contributed by atoms with E-state index in [-0.39, 0.29) is 22.3 Å². The molecule has 1 unspecified atom stereocenters. The number of carbonyl (C=O) groups excluding carboxylic acids is 1. The van der Waals surface area contributed by atoms with E-state index in [0.717, 1.165) is 4.47 Å². The number of benzene rings is 2. The van der Waals surface area contributed by atoms with E-state index in [1.807, 2.05) is 0 Å². The van der Waals surface area contributed by atoms with Crippen LogP contribution in [0.5, 0.6) is 0 Å². The van der Waals surface area contributed by atoms with Crippen LogP contribution in [-0.4, -0.2) is 28.5 Å². The van der Waals surface area contributed by atoms with Crippen LogP contribution in [0.4, 0.5) is 4.39 Å². The van der Waals surface area contributed by atoms with Crippen molar-refractivity contribution >= 4 is 61.9 Å². The first-order valence-electron chi connectivity index (χ1n) is 8.88. The van der Waals surface area contributed by atoms with E-state index in [1.54, 1.807) is 25.1 Å². The molecule has 30 heavy (non-hydrogen) atoms. The Morgan fingerprint density at radius 1 is 1.27 bits per heavy atom. The lowest BCUT2D eigenvalue weighted by atomic mass is 9.94. The zero-order valence-electron chi connectivity index (χ0n) is 15.7. The first-order chi connectivity index (χ1) is 14.2. The van der Waals surface area contributed by atoms with Gasteiger partial charge in [-0.2, -0.15) is 0 Å². The van der Waals surface area contributed by atoms with E-state index in [9.17, 15) is 19.1 Å². The Morgan fingerprint density at radius 2 is 2.00 bits per heavy atom. The van der Waals surface area contributed by atoms with Gasteiger partial charge in [-0.1, -0.05) is 45.2 Å². The van der Waals surface area contributed by atoms with Gasteiger partial charge in [0.15, 0.2) is 0 Å². The highest BCUT2D eigenvalue weighted by atomic mass is 79.9. The number of pyridine rings is 1. The third kappa shape index (κ3) is 4.74. The molecule has 0 spiro atoms. The normalized spacial score (nSPS) is 12.0. The summed E-state index contributed by atoms with van der Waals surface area (Å²) in [6, 6.07) is 9.39. The van der Waals surface area contributed by atoms with Crippen LogP contribution in [0.15, 0.2) is 40.9 Å². The fourth-order valence-corrected chi connectivity index (χ4v) is 4.15. The predicted octanol–water partition coefficient (Wildman–Crippen LogP) is 5.74. The van der Waals surface area contributed by atoms with Crippen LogP contribution in [-0.2, 0) is 4.79 Å². The topological polar surface area (TPSA) is 79.3 Å². The maximum Gasteiger partial charge on any atom is 0.304 e. The van der Waals surface area contributed by atoms with E-state index in [4.69, 9.17) is 23.2 Å². The summed E-state index contributed by atoms with van der Waals surface area (Å²) in [5.41, 5.74) is 1.40. The van der Waals surface area contributed by atoms with E-state index in [0.29, 0.717) is 22.0 Å². The number of nitrogens with zero attached hydrogens (tertiary/aromatic N) is 1. The molecule has 0 bridgehead atoms. The van der Waals surface area contributed by atoms with Crippen molar-refractivity contribution in [3.05, 3.63) is 73.6 Å². The fraction of sp³-hybridized carbons (Fsp3) is 0.190. The highest BCUT2D eigenvalue weighted by Gasteiger charge is 2.24. The number of carbonyl (C=O) groups is 2. The van der Waals surface area contributed by atoms with Crippen LogP contribution in [0.2, 0.25) is 10.2 Å². The molecule has 1 heterocycles. The second-order valence-corrected chi connectivity index (χ2v) is 8.39. The monoisotopic (exact) mass is 512 g/mol. The number of hydrogen-bond donors (Lipinski definition) is 2. The van der Waals surface area contributed by atoms with Gasteiger partial charge in [-0.15, -0.1) is 0 Å². The lowest BCUT2D eigenvalue weighted by Crippen LogP contribution is -2.30. The predicted molar refractivity (Wildman–Crippen MR) is 118 cm³/mol. The molecule has 1 atom stereocenters. The minimum atomic E-state index is -1.13. The molecule has 156 valence electrons. The highest BCUT2D eigenvalue weighted by molar-refractivity contribution is 9.10. The number of aromatic nitrogens is 1. The number of nitrogens with one attached hydrogen (secondary N) is 1. The Labute approximate surface area is 190 Å². The van der Waals surface area contributed by atoms with E-state index in [2.05, 4.69) is 26.2 Å². The van der Waals surface area contributed by atoms with Gasteiger partial charge in [-0.25, -0.2) is 9.37 Å². The summed E-state index contributed by atoms with van der Waals surface area (Å²) in [7, 11) is 0. The lowest BCUT2D eigenvalue weighted by Gasteiger charge is -2.19. The average molecular weight is 514 g/mol. The van der Waals surface area contributed by atoms with Crippen molar-refractivity contribution in [2.24, 2.45) is 0 Å². The molecule has 0 aliphatic heterocycles. The molecule has 0 aliphatic rings. The van der Waals surface area contributed by atoms with Crippen molar-refractivity contribution in [2.75, 3.05) is 6.54 Å². The molecule has 3 aromatic rings. The van der Waals surface area contributed by atoms with Gasteiger partial charge in [0.05, 0.1) is 17.5 Å². The lowest BCUT2D eigenvalue weighted by molar-refractivity contribution is -0.137. The fourth-order valence-electron chi connectivity index (χ4n) is 3.29. The number of carboxylic acid groups (broad SMARTS) is 1. The quantitative estimate of drug-likeness (QED) is 0.412. The largest absolute Gasteiger partial charge is 0.481 e. The van der Waals surface area contributed by atoms with Crippen molar-refractivity contribution < 1.29 is 19.1 Å². The van der Waals surface area contributed by atoms with Gasteiger partial charge >= 0.3 is 5.97 Å². The summed E-state index contributed by atoms with van der Waals surface area (Å²) in [5, 5.41) is 12.8. The average Bonchev–Trinajstić information content (AvgIpc) is 2.66. The molecular formula is C21H16BrCl2FN2O3. The summed E-state index contributed by atoms with van der Waals surface area (Å²) in [4.78, 5) is 28.7. The molecular weight excluding hydrogens is 498 g/mol. The molecule has 9 heteroatoms. The molecule has 0 aliphatic carbocycles. The van der Waals surface area contributed by atoms with Gasteiger partial charge in [0.25, 0.3) is 5.91 Å². The minimum Gasteiger partial charge on any atom is -0.481 e. The zero-order valence-corrected chi connectivity index (χ0v) is 18.8. The molecule has 3 rings (SSSR count). The number of aliphatic carboxylic acids is 1. The van der Waals surface area contributed by atoms with Crippen LogP contribution >= 0.6 is 39.1 Å². The van der Waals surface area contributed by atoms with Crippen LogP contribution in [0.3, 0.4) is 0 Å². The second kappa shape index (κ2) is 9.29. The molecule has 5 nitrogen and oxygen atoms in total. The smallest absolute Gasteiger partial charge is 0.304 e. The molecule has 0 saturated heterocycles. The number of hydrogen-bond acceptors (Lipinski definition) is 3. The SMILES string of the molecule is Cc1c(Cl)nc2ccc(Br)cc2c1C(=O)NCC(CC(=O)O)c1c(F)cccc1Cl. The van der Waals surface area contributed by atoms with Crippen molar-refractivity contribution in [3.8, 4) is 0 Å². The molecule has 1 aromatic heterocycles. The maximum atomic E-state index is 14.3. The van der Waals surface area contributed by atoms with Crippen LogP contribution in [0.1, 0.15) is 33.8 Å². The summed E-state index contributed by atoms with van der Waals surface area (Å²) in [6.07, 6.45) is -0.399. The number of halogens is 4. The van der Waals surface area contributed by atoms with Gasteiger partial charge in [0.1, 0.15) is 11.0 Å². The van der Waals surface area contributed by atoms with Gasteiger partial charge in [0.2, 0.25) is 0 Å². The van der Waals surface area contributed by atoms with Gasteiger partial charge in [-0.3, -0.25) is 9.59 Å². The molecule has 2 aromatic carbocycles. The van der Waals surface area contributed by atoms with Crippen molar-refractivity contribution in [3.63, 3.8) is 0 Å². The first-order valence-corrected chi connectivity index (χ1v) is 10.4. The van der Waals surface area contributed by atoms with Crippen LogP contribution in [0, 0.1) is 12.7 Å². The first kappa shape index (κ1) is 22.5. The summed E-state index contributed by atoms with van der Waals surface area (Å²) >= 11 is 15.7. The molecule has 0 saturated carbocycles. The number of carboxylic acids is 1. The third-order valence-corrected chi connectivity index (χ3v) is 5.89. The van der Waals surface area contributed by atoms with Gasteiger partial charge in [-0.05, 0) is 42.8 Å². The minimum absolute atomic E-state index is 0.0546. The summed E-state index contributed by atoms with van der Waals surface area (Å²) in [5.74, 6) is -3.08. The third-order valence-electron chi connectivity index (χ3n) is 4.70. The Kier molecular flexibility index (Phi) is 6.95. The van der Waals surface area contributed by atoms with Gasteiger partial charge in [0, 0.05) is 32.9 Å². The van der Waals surface area contributed by atoms with Crippen LogP contribution < -0.4 is 5.32 Å². The standard InChI is InChI=1S/C21H16BrCl2FN2O3/c1-10-18(13-8-12(22)5-6-16(13)27-20(10)24)21(30)26-9-11(7-17(28)29)19-14(23)3-2-4-15(19)25/h2-6,8,11H,7,9H2,1H3,(H,26,30)(H,28,29). The van der Waals surface area contributed by atoms with E-state index in [1.165, 1.54) is 18.2 Å². The summed E-state index contributed by atoms with van der Waals surface area (Å²) in [6.45, 7) is 1.55. The van der Waals surface area contributed by atoms with E-state index >= 15 is 0 Å². The van der Waals surface area contributed by atoms with E-state index < -0.39 is 30.0 Å². The molecule has 1 amide bonds. The number of fused-ring (bicyclic) bond motifs is 1. The Hall–Kier alpha value is -2.22. The van der Waals surface area contributed by atoms with Crippen molar-refractivity contribution in [1.82, 2.24) is 10.3 Å². The Morgan fingerprint density at radius 3 is 2.67 bits per heavy atom. The Balaban J connectivity index is 1.96. The zero-order chi connectivity index (χ0) is 22.0. The number of amides is 1. The summed E-state index contributed by atoms with van der Waals surface area (Å²) < 4.78 is 15.1. The van der Waals surface area contributed by atoms with Crippen molar-refractivity contribution in [2.45, 2.75) is 19.3 Å². The number of rotatable bonds is 6. The van der Waals surface area contributed by atoms with Crippen LogP contribution in [0.25, 0.3) is 10.9 Å². The molecule has 0 fully saturated rings. The molecule has 0 radical (unpaired) electrons. The van der Waals surface area contributed by atoms with Gasteiger partial charge < -0.3 is 10.4 Å². The Bertz CT molecular complexity index is 1140. The second-order valence-electron chi connectivity index (χ2n) is 6.70.